The van der Waals surface area contributed by atoms with Gasteiger partial charge in [-0.25, -0.2) is 0 Å². The number of hydrogen-bond donors (Lipinski definition) is 0. The second-order valence-electron chi connectivity index (χ2n) is 0.671. The van der Waals surface area contributed by atoms with E-state index in [1.807, 2.05) is 0 Å². The third-order valence-corrected chi connectivity index (χ3v) is 0. The first kappa shape index (κ1) is 29.8. The molecule has 9 nitrogen and oxygen atoms in total. The Morgan fingerprint density at radius 2 is 0.571 bits per heavy atom. The van der Waals surface area contributed by atoms with Crippen molar-refractivity contribution in [2.45, 2.75) is 0 Å². The summed E-state index contributed by atoms with van der Waals surface area (Å²) in [5.41, 5.74) is 0. The van der Waals surface area contributed by atoms with E-state index < -0.39 is 56.4 Å². The molecule has 0 rings (SSSR count). The molecule has 0 saturated heterocycles. The van der Waals surface area contributed by atoms with Gasteiger partial charge in [0.15, 0.2) is 0 Å². The van der Waals surface area contributed by atoms with Crippen LogP contribution in [0.15, 0.2) is 0 Å². The van der Waals surface area contributed by atoms with Gasteiger partial charge in [0.1, 0.15) is 0 Å². The SMILES string of the molecule is [Al+3].[LiH].[O]=[Nb](=[O])[O-].[O]=[Nb](=[O])[O-].[O]=[Nb](=[O])[O-]. The van der Waals surface area contributed by atoms with E-state index in [2.05, 4.69) is 0 Å². The summed E-state index contributed by atoms with van der Waals surface area (Å²) in [4.78, 5) is 0. The van der Waals surface area contributed by atoms with Crippen LogP contribution in [0.25, 0.3) is 0 Å². The first-order valence-electron chi connectivity index (χ1n) is 1.64. The van der Waals surface area contributed by atoms with Crippen molar-refractivity contribution >= 4 is 36.2 Å². The molecule has 0 atom stereocenters. The molecule has 14 heavy (non-hydrogen) atoms. The summed E-state index contributed by atoms with van der Waals surface area (Å²) < 4.78 is 77.4. The summed E-state index contributed by atoms with van der Waals surface area (Å²) in [7, 11) is 0. The molecule has 0 spiro atoms. The van der Waals surface area contributed by atoms with Crippen LogP contribution in [0.2, 0.25) is 0 Å². The quantitative estimate of drug-likeness (QED) is 0.322. The summed E-state index contributed by atoms with van der Waals surface area (Å²) in [6, 6.07) is 0. The van der Waals surface area contributed by atoms with Crippen LogP contribution in [0.3, 0.4) is 0 Å². The number of hydrogen-bond acceptors (Lipinski definition) is 9. The molecule has 0 unspecified atom stereocenters. The van der Waals surface area contributed by atoms with Crippen LogP contribution in [-0.4, -0.2) is 36.2 Å². The Balaban J connectivity index is -0.0000000270. The Morgan fingerprint density at radius 3 is 0.571 bits per heavy atom. The zero-order chi connectivity index (χ0) is 10.7. The van der Waals surface area contributed by atoms with Crippen molar-refractivity contribution in [1.29, 1.82) is 0 Å². The van der Waals surface area contributed by atoms with E-state index in [9.17, 15) is 0 Å². The normalized spacial score (nSPS) is 5.36. The molecule has 0 aromatic rings. The van der Waals surface area contributed by atoms with Gasteiger partial charge in [0.05, 0.1) is 0 Å². The first-order chi connectivity index (χ1) is 5.20. The Kier molecular flexibility index (Phi) is 51.7. The number of rotatable bonds is 0. The van der Waals surface area contributed by atoms with Gasteiger partial charge in [-0.2, -0.15) is 0 Å². The third-order valence-electron chi connectivity index (χ3n) is 0. The Bertz CT molecular complexity index is 213. The average molecular weight is 458 g/mol. The van der Waals surface area contributed by atoms with E-state index in [0.29, 0.717) is 0 Å². The summed E-state index contributed by atoms with van der Waals surface area (Å²) in [6.07, 6.45) is 0. The molecular weight excluding hydrogens is 457 g/mol. The van der Waals surface area contributed by atoms with E-state index in [1.54, 1.807) is 0 Å². The fourth-order valence-corrected chi connectivity index (χ4v) is 0. The van der Waals surface area contributed by atoms with Gasteiger partial charge in [0, 0.05) is 0 Å². The second-order valence-corrected chi connectivity index (χ2v) is 3.97. The van der Waals surface area contributed by atoms with Gasteiger partial charge in [-0.05, 0) is 0 Å². The molecule has 0 amide bonds. The van der Waals surface area contributed by atoms with Crippen LogP contribution < -0.4 is 10.8 Å². The molecule has 0 bridgehead atoms. The van der Waals surface area contributed by atoms with E-state index in [-0.39, 0.29) is 36.2 Å². The van der Waals surface area contributed by atoms with Crippen molar-refractivity contribution in [3.63, 3.8) is 0 Å². The summed E-state index contributed by atoms with van der Waals surface area (Å²) >= 11 is -12.6. The summed E-state index contributed by atoms with van der Waals surface area (Å²) in [6.45, 7) is 0. The maximum atomic E-state index is 8.60. The van der Waals surface area contributed by atoms with Crippen molar-refractivity contribution in [3.8, 4) is 0 Å². The average Bonchev–Trinajstić information content (AvgIpc) is 1.54. The second kappa shape index (κ2) is 24.3. The van der Waals surface area contributed by atoms with E-state index in [1.165, 1.54) is 0 Å². The molecular formula is HAlLiNb3O9. The van der Waals surface area contributed by atoms with Crippen molar-refractivity contribution in [3.05, 3.63) is 0 Å². The monoisotopic (exact) mass is 458 g/mol. The molecule has 0 aliphatic rings. The van der Waals surface area contributed by atoms with Gasteiger partial charge < -0.3 is 0 Å². The van der Waals surface area contributed by atoms with Crippen LogP contribution in [0.5, 0.6) is 0 Å². The van der Waals surface area contributed by atoms with Crippen molar-refractivity contribution in [2.75, 3.05) is 0 Å². The predicted octanol–water partition coefficient (Wildman–Crippen LogP) is -5.32. The molecule has 0 aliphatic heterocycles. The van der Waals surface area contributed by atoms with E-state index in [0.717, 1.165) is 0 Å². The fraction of sp³-hybridized carbons (Fsp3) is 0. The molecule has 0 radical (unpaired) electrons. The molecule has 0 N–H and O–H groups in total. The molecule has 0 saturated carbocycles. The van der Waals surface area contributed by atoms with Crippen LogP contribution in [0.4, 0.5) is 0 Å². The zero-order valence-electron chi connectivity index (χ0n) is 5.59. The van der Waals surface area contributed by atoms with E-state index >= 15 is 0 Å². The van der Waals surface area contributed by atoms with Gasteiger partial charge in [-0.3, -0.25) is 0 Å². The minimum absolute atomic E-state index is 0. The summed E-state index contributed by atoms with van der Waals surface area (Å²) in [5, 5.41) is 0. The van der Waals surface area contributed by atoms with Crippen LogP contribution >= 0.6 is 0 Å². The standard InChI is InChI=1S/Al.Li.3Nb.9O.H/q+3;;;;;;;;;;;3*-1;. The van der Waals surface area contributed by atoms with Crippen LogP contribution in [0, 0.1) is 0 Å². The van der Waals surface area contributed by atoms with E-state index in [4.69, 9.17) is 30.3 Å². The van der Waals surface area contributed by atoms with Crippen molar-refractivity contribution in [1.82, 2.24) is 0 Å². The summed E-state index contributed by atoms with van der Waals surface area (Å²) in [5.74, 6) is 0. The topological polar surface area (TPSA) is 172 Å². The molecule has 0 fully saturated rings. The Hall–Kier alpha value is 2.03. The minimum atomic E-state index is -4.20. The van der Waals surface area contributed by atoms with Crippen LogP contribution in [-0.2, 0) is 75.9 Å². The maximum absolute atomic E-state index is 8.60. The van der Waals surface area contributed by atoms with Gasteiger partial charge in [0.25, 0.3) is 0 Å². The Morgan fingerprint density at radius 1 is 0.571 bits per heavy atom. The molecule has 0 aromatic heterocycles. The molecule has 0 aromatic carbocycles. The third kappa shape index (κ3) is 578. The van der Waals surface area contributed by atoms with Crippen molar-refractivity contribution in [2.24, 2.45) is 0 Å². The fourth-order valence-electron chi connectivity index (χ4n) is 0. The van der Waals surface area contributed by atoms with Crippen LogP contribution in [0.1, 0.15) is 0 Å². The van der Waals surface area contributed by atoms with Gasteiger partial charge in [0.2, 0.25) is 0 Å². The van der Waals surface area contributed by atoms with Gasteiger partial charge in [-0.15, -0.1) is 0 Å². The molecule has 14 heteroatoms. The molecule has 74 valence electrons. The molecule has 0 heterocycles. The van der Waals surface area contributed by atoms with Gasteiger partial charge >= 0.3 is 123 Å². The Labute approximate surface area is 121 Å². The van der Waals surface area contributed by atoms with Crippen molar-refractivity contribution < 1.29 is 86.7 Å². The first-order valence-corrected chi connectivity index (χ1v) is 9.72. The molecule has 0 aliphatic carbocycles. The predicted molar refractivity (Wildman–Crippen MR) is 17.0 cm³/mol. The zero-order valence-corrected chi connectivity index (χ0v) is 13.3. The van der Waals surface area contributed by atoms with Gasteiger partial charge in [-0.1, -0.05) is 0 Å².